The zero-order valence-electron chi connectivity index (χ0n) is 24.8. The number of pyridine rings is 2. The van der Waals surface area contributed by atoms with Gasteiger partial charge in [0.25, 0.3) is 0 Å². The predicted molar refractivity (Wildman–Crippen MR) is 170 cm³/mol. The third kappa shape index (κ3) is 8.51. The van der Waals surface area contributed by atoms with Gasteiger partial charge in [-0.1, -0.05) is 29.1 Å². The summed E-state index contributed by atoms with van der Waals surface area (Å²) in [6, 6.07) is 7.61. The first kappa shape index (κ1) is 30.4. The van der Waals surface area contributed by atoms with E-state index in [-0.39, 0.29) is 24.7 Å². The quantitative estimate of drug-likeness (QED) is 0.251. The Morgan fingerprint density at radius 3 is 1.93 bits per heavy atom. The van der Waals surface area contributed by atoms with Crippen molar-refractivity contribution in [1.29, 1.82) is 0 Å². The van der Waals surface area contributed by atoms with E-state index in [1.54, 1.807) is 12.4 Å². The number of carbonyl (C=O) groups is 2. The Morgan fingerprint density at radius 2 is 1.37 bits per heavy atom. The van der Waals surface area contributed by atoms with Crippen LogP contribution >= 0.6 is 22.7 Å². The van der Waals surface area contributed by atoms with E-state index in [1.165, 1.54) is 22.7 Å². The van der Waals surface area contributed by atoms with E-state index in [9.17, 15) is 9.59 Å². The van der Waals surface area contributed by atoms with Crippen molar-refractivity contribution < 1.29 is 9.59 Å². The molecule has 0 bridgehead atoms. The maximum atomic E-state index is 12.6. The summed E-state index contributed by atoms with van der Waals surface area (Å²) in [6.45, 7) is 0. The fraction of sp³-hybridized carbons (Fsp3) is 0.448. The normalized spacial score (nSPS) is 16.5. The monoisotopic (exact) mass is 620 g/mol. The van der Waals surface area contributed by atoms with Gasteiger partial charge in [0.05, 0.1) is 36.6 Å². The number of nitrogens with zero attached hydrogens (tertiary/aromatic N) is 8. The molecule has 0 saturated heterocycles. The molecule has 0 aliphatic heterocycles. The minimum absolute atomic E-state index is 0.160. The van der Waals surface area contributed by atoms with Gasteiger partial charge in [0.2, 0.25) is 22.1 Å². The third-order valence-corrected chi connectivity index (χ3v) is 9.19. The summed E-state index contributed by atoms with van der Waals surface area (Å²) in [5.74, 6) is 0.406. The molecule has 1 fully saturated rings. The fourth-order valence-corrected chi connectivity index (χ4v) is 6.79. The van der Waals surface area contributed by atoms with Crippen LogP contribution in [-0.2, 0) is 28.9 Å². The standard InChI is InChI=1S/C29H36N10O2S2/c1-38(2)22-10-8-20(30-16-22)14-24(40)32-28-36-34-26(42-28)13-18-6-5-7-19(12-18)27-35-37-29(43-27)33-25(41)15-21-9-11-23(17-31-21)39(3)4/h8-11,16-19H,5-7,12-15H2,1-4H3,(H,32,36,40)(H,33,37,41)/t18?,19-/m0/s1. The molecule has 14 heteroatoms. The molecule has 2 N–H and O–H groups in total. The summed E-state index contributed by atoms with van der Waals surface area (Å²) >= 11 is 2.87. The van der Waals surface area contributed by atoms with Crippen LogP contribution in [0.25, 0.3) is 0 Å². The number of hydrogen-bond donors (Lipinski definition) is 2. The molecule has 0 aromatic carbocycles. The molecule has 1 unspecified atom stereocenters. The first-order valence-electron chi connectivity index (χ1n) is 14.2. The average molecular weight is 621 g/mol. The molecule has 226 valence electrons. The zero-order chi connectivity index (χ0) is 30.3. The van der Waals surface area contributed by atoms with Crippen molar-refractivity contribution in [2.75, 3.05) is 48.6 Å². The summed E-state index contributed by atoms with van der Waals surface area (Å²) in [5.41, 5.74) is 3.37. The van der Waals surface area contributed by atoms with Crippen LogP contribution < -0.4 is 20.4 Å². The maximum absolute atomic E-state index is 12.6. The fourth-order valence-electron chi connectivity index (χ4n) is 5.01. The van der Waals surface area contributed by atoms with Gasteiger partial charge in [0.1, 0.15) is 10.0 Å². The minimum atomic E-state index is -0.164. The Morgan fingerprint density at radius 1 is 0.791 bits per heavy atom. The number of hydrogen-bond acceptors (Lipinski definition) is 12. The van der Waals surface area contributed by atoms with Crippen molar-refractivity contribution in [2.45, 2.75) is 50.9 Å². The second-order valence-corrected chi connectivity index (χ2v) is 13.2. The summed E-state index contributed by atoms with van der Waals surface area (Å²) in [7, 11) is 7.80. The maximum Gasteiger partial charge on any atom is 0.232 e. The lowest BCUT2D eigenvalue weighted by Crippen LogP contribution is -2.16. The highest BCUT2D eigenvalue weighted by Gasteiger charge is 2.27. The van der Waals surface area contributed by atoms with Crippen LogP contribution in [0.1, 0.15) is 53.0 Å². The van der Waals surface area contributed by atoms with E-state index in [1.807, 2.05) is 62.3 Å². The second kappa shape index (κ2) is 14.0. The molecule has 0 spiro atoms. The van der Waals surface area contributed by atoms with Crippen molar-refractivity contribution in [1.82, 2.24) is 30.4 Å². The number of aromatic nitrogens is 6. The summed E-state index contributed by atoms with van der Waals surface area (Å²) < 4.78 is 0. The molecule has 43 heavy (non-hydrogen) atoms. The smallest absolute Gasteiger partial charge is 0.232 e. The average Bonchev–Trinajstić information content (AvgIpc) is 3.63. The van der Waals surface area contributed by atoms with Gasteiger partial charge in [-0.05, 0) is 49.4 Å². The topological polar surface area (TPSA) is 142 Å². The van der Waals surface area contributed by atoms with E-state index in [0.717, 1.165) is 53.5 Å². The van der Waals surface area contributed by atoms with Crippen LogP contribution in [0, 0.1) is 5.92 Å². The number of amides is 2. The Hall–Kier alpha value is -4.04. The lowest BCUT2D eigenvalue weighted by Gasteiger charge is -2.26. The van der Waals surface area contributed by atoms with Gasteiger partial charge in [-0.25, -0.2) is 0 Å². The van der Waals surface area contributed by atoms with Gasteiger partial charge in [0.15, 0.2) is 0 Å². The molecule has 12 nitrogen and oxygen atoms in total. The highest BCUT2D eigenvalue weighted by molar-refractivity contribution is 7.15. The van der Waals surface area contributed by atoms with Gasteiger partial charge < -0.3 is 20.4 Å². The molecule has 5 rings (SSSR count). The largest absolute Gasteiger partial charge is 0.376 e. The number of carbonyl (C=O) groups excluding carboxylic acids is 2. The molecule has 2 atom stereocenters. The molecular formula is C29H36N10O2S2. The number of anilines is 4. The third-order valence-electron chi connectivity index (χ3n) is 7.33. The van der Waals surface area contributed by atoms with Crippen LogP contribution in [0.15, 0.2) is 36.7 Å². The van der Waals surface area contributed by atoms with Crippen LogP contribution in [0.2, 0.25) is 0 Å². The van der Waals surface area contributed by atoms with Gasteiger partial charge in [0, 0.05) is 51.9 Å². The predicted octanol–water partition coefficient (Wildman–Crippen LogP) is 4.19. The lowest BCUT2D eigenvalue weighted by atomic mass is 9.80. The van der Waals surface area contributed by atoms with Crippen molar-refractivity contribution in [3.05, 3.63) is 58.1 Å². The molecule has 4 heterocycles. The van der Waals surface area contributed by atoms with E-state index in [4.69, 9.17) is 0 Å². The van der Waals surface area contributed by atoms with E-state index < -0.39 is 0 Å². The SMILES string of the molecule is CN(C)c1ccc(CC(=O)Nc2nnc(CC3CCC[C@H](c4nnc(NC(=O)Cc5ccc(N(C)C)cn5)s4)C3)s2)nc1. The zero-order valence-corrected chi connectivity index (χ0v) is 26.4. The highest BCUT2D eigenvalue weighted by atomic mass is 32.1. The molecule has 0 radical (unpaired) electrons. The van der Waals surface area contributed by atoms with Crippen LogP contribution in [0.5, 0.6) is 0 Å². The minimum Gasteiger partial charge on any atom is -0.376 e. The summed E-state index contributed by atoms with van der Waals surface area (Å²) in [5, 5.41) is 25.8. The Bertz CT molecular complexity index is 1520. The second-order valence-electron chi connectivity index (χ2n) is 11.1. The molecule has 4 aromatic rings. The van der Waals surface area contributed by atoms with E-state index >= 15 is 0 Å². The van der Waals surface area contributed by atoms with Crippen molar-refractivity contribution in [3.8, 4) is 0 Å². The highest BCUT2D eigenvalue weighted by Crippen LogP contribution is 2.39. The van der Waals surface area contributed by atoms with Crippen LogP contribution in [0.4, 0.5) is 21.6 Å². The molecular weight excluding hydrogens is 585 g/mol. The van der Waals surface area contributed by atoms with Crippen LogP contribution in [0.3, 0.4) is 0 Å². The first-order valence-corrected chi connectivity index (χ1v) is 15.8. The van der Waals surface area contributed by atoms with Crippen molar-refractivity contribution >= 4 is 56.1 Å². The Balaban J connectivity index is 1.09. The number of rotatable bonds is 11. The Kier molecular flexibility index (Phi) is 9.87. The molecule has 1 aliphatic rings. The van der Waals surface area contributed by atoms with Gasteiger partial charge in [-0.3, -0.25) is 19.6 Å². The molecule has 2 amide bonds. The van der Waals surface area contributed by atoms with E-state index in [0.29, 0.717) is 33.5 Å². The summed E-state index contributed by atoms with van der Waals surface area (Å²) in [6.07, 6.45) is 8.89. The lowest BCUT2D eigenvalue weighted by molar-refractivity contribution is -0.116. The van der Waals surface area contributed by atoms with Gasteiger partial charge >= 0.3 is 0 Å². The van der Waals surface area contributed by atoms with Gasteiger partial charge in [-0.2, -0.15) is 0 Å². The van der Waals surface area contributed by atoms with Crippen molar-refractivity contribution in [2.24, 2.45) is 5.92 Å². The Labute approximate surface area is 259 Å². The molecule has 4 aromatic heterocycles. The molecule has 1 saturated carbocycles. The van der Waals surface area contributed by atoms with Crippen molar-refractivity contribution in [3.63, 3.8) is 0 Å². The number of nitrogens with one attached hydrogen (secondary N) is 2. The van der Waals surface area contributed by atoms with Crippen LogP contribution in [-0.4, -0.2) is 70.4 Å². The first-order chi connectivity index (χ1) is 20.7. The van der Waals surface area contributed by atoms with Gasteiger partial charge in [-0.15, -0.1) is 20.4 Å². The molecule has 1 aliphatic carbocycles. The van der Waals surface area contributed by atoms with E-state index in [2.05, 4.69) is 41.0 Å². The summed E-state index contributed by atoms with van der Waals surface area (Å²) in [4.78, 5) is 37.8.